The van der Waals surface area contributed by atoms with Crippen LogP contribution in [0.4, 0.5) is 4.79 Å². The van der Waals surface area contributed by atoms with Gasteiger partial charge in [-0.05, 0) is 20.3 Å². The van der Waals surface area contributed by atoms with Crippen LogP contribution in [0.25, 0.3) is 0 Å². The number of hydrogen-bond donors (Lipinski definition) is 3. The maximum absolute atomic E-state index is 11.5. The lowest BCUT2D eigenvalue weighted by Crippen LogP contribution is -2.49. The number of amides is 1. The van der Waals surface area contributed by atoms with Gasteiger partial charge in [-0.15, -0.1) is 0 Å². The predicted octanol–water partition coefficient (Wildman–Crippen LogP) is -1.16. The topological polar surface area (TPSA) is 156 Å². The average molecular weight is 346 g/mol. The Hall–Kier alpha value is -1.40. The Bertz CT molecular complexity index is 581. The van der Waals surface area contributed by atoms with Crippen molar-refractivity contribution >= 4 is 32.1 Å². The second-order valence-corrected chi connectivity index (χ2v) is 8.19. The van der Waals surface area contributed by atoms with Gasteiger partial charge >= 0.3 is 22.3 Å². The molecule has 0 bridgehead atoms. The molecule has 0 fully saturated rings. The van der Waals surface area contributed by atoms with E-state index in [9.17, 15) is 26.4 Å². The molecule has 10 nitrogen and oxygen atoms in total. The van der Waals surface area contributed by atoms with Crippen molar-refractivity contribution < 1.29 is 36.3 Å². The summed E-state index contributed by atoms with van der Waals surface area (Å²) in [4.78, 5) is 22.0. The van der Waals surface area contributed by atoms with Gasteiger partial charge in [0.25, 0.3) is 0 Å². The fraction of sp³-hybridized carbons (Fsp3) is 0.778. The molecule has 0 aliphatic carbocycles. The third-order valence-electron chi connectivity index (χ3n) is 1.93. The average Bonchev–Trinajstić information content (AvgIpc) is 2.20. The molecule has 0 aromatic carbocycles. The molecule has 124 valence electrons. The summed E-state index contributed by atoms with van der Waals surface area (Å²) in [5.74, 6) is -2.09. The molecule has 0 saturated heterocycles. The number of carbonyl (C=O) groups excluding carboxylic acids is 1. The first-order chi connectivity index (χ1) is 9.32. The van der Waals surface area contributed by atoms with Gasteiger partial charge in [0.2, 0.25) is 0 Å². The third-order valence-corrected chi connectivity index (χ3v) is 3.94. The van der Waals surface area contributed by atoms with Gasteiger partial charge in [-0.1, -0.05) is 0 Å². The summed E-state index contributed by atoms with van der Waals surface area (Å²) in [6.07, 6.45) is -1.43. The van der Waals surface area contributed by atoms with Crippen LogP contribution in [0.15, 0.2) is 0 Å². The zero-order valence-electron chi connectivity index (χ0n) is 11.7. The van der Waals surface area contributed by atoms with Crippen molar-refractivity contribution in [3.63, 3.8) is 0 Å². The molecule has 0 saturated carbocycles. The zero-order chi connectivity index (χ0) is 16.8. The summed E-state index contributed by atoms with van der Waals surface area (Å²) in [7, 11) is -7.95. The van der Waals surface area contributed by atoms with Crippen LogP contribution in [-0.2, 0) is 29.6 Å². The normalized spacial score (nSPS) is 13.7. The molecule has 0 aromatic rings. The number of carboxylic acids is 1. The number of ether oxygens (including phenoxy) is 1. The first kappa shape index (κ1) is 19.6. The van der Waals surface area contributed by atoms with E-state index < -0.39 is 56.4 Å². The summed E-state index contributed by atoms with van der Waals surface area (Å²) in [6.45, 7) is 2.98. The number of carbonyl (C=O) groups is 2. The first-order valence-electron chi connectivity index (χ1n) is 5.73. The maximum Gasteiger partial charge on any atom is 0.422 e. The second kappa shape index (κ2) is 7.56. The number of nitrogens with one attached hydrogen (secondary N) is 2. The summed E-state index contributed by atoms with van der Waals surface area (Å²) < 4.78 is 52.6. The van der Waals surface area contributed by atoms with Crippen LogP contribution in [0.2, 0.25) is 0 Å². The zero-order valence-corrected chi connectivity index (χ0v) is 13.3. The third kappa shape index (κ3) is 10.0. The highest BCUT2D eigenvalue weighted by molar-refractivity contribution is 7.90. The first-order valence-corrected chi connectivity index (χ1v) is 9.28. The largest absolute Gasteiger partial charge is 0.480 e. The van der Waals surface area contributed by atoms with Crippen LogP contribution in [0.3, 0.4) is 0 Å². The van der Waals surface area contributed by atoms with E-state index in [0.29, 0.717) is 0 Å². The summed E-state index contributed by atoms with van der Waals surface area (Å²) in [6, 6.07) is -1.69. The molecule has 0 spiro atoms. The van der Waals surface area contributed by atoms with Crippen LogP contribution in [0.1, 0.15) is 20.3 Å². The molecule has 0 rings (SSSR count). The van der Waals surface area contributed by atoms with Gasteiger partial charge in [-0.2, -0.15) is 13.1 Å². The molecule has 0 radical (unpaired) electrons. The highest BCUT2D eigenvalue weighted by Crippen LogP contribution is 1.99. The standard InChI is InChI=1S/C9H18N2O8S2/c1-6(2)19-9(14)11-21(17,18)10-7(8(12)13)4-5-20(3,15)16/h6-7,10H,4-5H2,1-3H3,(H,11,14)(H,12,13). The molecule has 0 heterocycles. The van der Waals surface area contributed by atoms with Crippen molar-refractivity contribution in [1.82, 2.24) is 9.44 Å². The monoisotopic (exact) mass is 346 g/mol. The van der Waals surface area contributed by atoms with Crippen LogP contribution < -0.4 is 9.44 Å². The molecular weight excluding hydrogens is 328 g/mol. The predicted molar refractivity (Wildman–Crippen MR) is 72.6 cm³/mol. The molecule has 1 atom stereocenters. The fourth-order valence-electron chi connectivity index (χ4n) is 1.13. The Morgan fingerprint density at radius 2 is 1.71 bits per heavy atom. The number of sulfone groups is 1. The van der Waals surface area contributed by atoms with Gasteiger partial charge in [0.05, 0.1) is 11.9 Å². The molecule has 1 amide bonds. The van der Waals surface area contributed by atoms with Crippen molar-refractivity contribution in [2.75, 3.05) is 12.0 Å². The lowest BCUT2D eigenvalue weighted by Gasteiger charge is -2.15. The highest BCUT2D eigenvalue weighted by Gasteiger charge is 2.26. The van der Waals surface area contributed by atoms with Crippen LogP contribution in [0.5, 0.6) is 0 Å². The Labute approximate surface area is 123 Å². The molecule has 12 heteroatoms. The Kier molecular flexibility index (Phi) is 7.06. The van der Waals surface area contributed by atoms with Crippen molar-refractivity contribution in [2.24, 2.45) is 0 Å². The van der Waals surface area contributed by atoms with Crippen molar-refractivity contribution in [3.8, 4) is 0 Å². The second-order valence-electron chi connectivity index (χ2n) is 4.49. The summed E-state index contributed by atoms with van der Waals surface area (Å²) in [5.41, 5.74) is 0. The maximum atomic E-state index is 11.5. The van der Waals surface area contributed by atoms with Gasteiger partial charge in [-0.3, -0.25) is 4.79 Å². The van der Waals surface area contributed by atoms with Crippen molar-refractivity contribution in [1.29, 1.82) is 0 Å². The van der Waals surface area contributed by atoms with Gasteiger partial charge in [0, 0.05) is 6.26 Å². The number of carboxylic acid groups (broad SMARTS) is 1. The van der Waals surface area contributed by atoms with E-state index in [2.05, 4.69) is 4.74 Å². The lowest BCUT2D eigenvalue weighted by atomic mass is 10.2. The van der Waals surface area contributed by atoms with Gasteiger partial charge in [0.15, 0.2) is 0 Å². The Balaban J connectivity index is 4.76. The van der Waals surface area contributed by atoms with Crippen LogP contribution in [-0.4, -0.2) is 58.2 Å². The van der Waals surface area contributed by atoms with Crippen molar-refractivity contribution in [2.45, 2.75) is 32.4 Å². The molecule has 0 aliphatic heterocycles. The summed E-state index contributed by atoms with van der Waals surface area (Å²) in [5, 5.41) is 8.85. The molecule has 0 aromatic heterocycles. The highest BCUT2D eigenvalue weighted by atomic mass is 32.2. The molecule has 3 N–H and O–H groups in total. The Morgan fingerprint density at radius 3 is 2.10 bits per heavy atom. The minimum atomic E-state index is -4.49. The van der Waals surface area contributed by atoms with Crippen molar-refractivity contribution in [3.05, 3.63) is 0 Å². The van der Waals surface area contributed by atoms with Gasteiger partial charge in [-0.25, -0.2) is 17.9 Å². The summed E-state index contributed by atoms with van der Waals surface area (Å²) >= 11 is 0. The molecular formula is C9H18N2O8S2. The van der Waals surface area contributed by atoms with E-state index in [-0.39, 0.29) is 0 Å². The van der Waals surface area contributed by atoms with Gasteiger partial charge in [0.1, 0.15) is 15.9 Å². The smallest absolute Gasteiger partial charge is 0.422 e. The molecule has 21 heavy (non-hydrogen) atoms. The minimum absolute atomic E-state index is 0.478. The van der Waals surface area contributed by atoms with Crippen LogP contribution >= 0.6 is 0 Å². The quantitative estimate of drug-likeness (QED) is 0.497. The number of aliphatic carboxylic acids is 1. The van der Waals surface area contributed by atoms with Crippen LogP contribution in [0, 0.1) is 0 Å². The van der Waals surface area contributed by atoms with E-state index in [1.807, 2.05) is 0 Å². The van der Waals surface area contributed by atoms with Gasteiger partial charge < -0.3 is 9.84 Å². The number of rotatable bonds is 8. The van der Waals surface area contributed by atoms with E-state index >= 15 is 0 Å². The number of hydrogen-bond acceptors (Lipinski definition) is 7. The minimum Gasteiger partial charge on any atom is -0.480 e. The SMILES string of the molecule is CC(C)OC(=O)NS(=O)(=O)NC(CCS(C)(=O)=O)C(=O)O. The van der Waals surface area contributed by atoms with E-state index in [4.69, 9.17) is 5.11 Å². The Morgan fingerprint density at radius 1 is 1.19 bits per heavy atom. The van der Waals surface area contributed by atoms with E-state index in [1.165, 1.54) is 18.6 Å². The van der Waals surface area contributed by atoms with E-state index in [1.54, 1.807) is 4.72 Å². The molecule has 0 aliphatic rings. The molecule has 1 unspecified atom stereocenters. The fourth-order valence-corrected chi connectivity index (χ4v) is 2.71. The lowest BCUT2D eigenvalue weighted by molar-refractivity contribution is -0.139. The van der Waals surface area contributed by atoms with E-state index in [0.717, 1.165) is 6.26 Å².